The van der Waals surface area contributed by atoms with Gasteiger partial charge in [0.2, 0.25) is 5.95 Å². The molecule has 0 radical (unpaired) electrons. The van der Waals surface area contributed by atoms with E-state index < -0.39 is 0 Å². The molecule has 2 N–H and O–H groups in total. The molecule has 6 nitrogen and oxygen atoms in total. The number of pyridine rings is 2. The molecule has 0 bridgehead atoms. The van der Waals surface area contributed by atoms with E-state index in [-0.39, 0.29) is 5.56 Å². The summed E-state index contributed by atoms with van der Waals surface area (Å²) in [6.45, 7) is 0.741. The molecule has 0 aliphatic heterocycles. The number of nitrogens with one attached hydrogen (secondary N) is 2. The van der Waals surface area contributed by atoms with Crippen LogP contribution in [-0.4, -0.2) is 32.2 Å². The minimum atomic E-state index is -0.112. The van der Waals surface area contributed by atoms with Crippen LogP contribution in [-0.2, 0) is 25.0 Å². The first-order valence-electron chi connectivity index (χ1n) is 10.0. The molecule has 4 rings (SSSR count). The van der Waals surface area contributed by atoms with E-state index in [0.717, 1.165) is 30.0 Å². The molecule has 0 fully saturated rings. The molecule has 0 aromatic carbocycles. The zero-order valence-electron chi connectivity index (χ0n) is 16.4. The van der Waals surface area contributed by atoms with E-state index in [1.807, 2.05) is 30.1 Å². The fraction of sp³-hybridized carbons (Fsp3) is 0.364. The van der Waals surface area contributed by atoms with Gasteiger partial charge in [-0.05, 0) is 54.5 Å². The summed E-state index contributed by atoms with van der Waals surface area (Å²) in [5.41, 5.74) is 5.70. The standard InChI is InChI=1S/C22H25N5OS/c28-21-18(12-16-4-3-8-23-13-16)14-26-22(27-21)25-10-11-29-15-20-19-6-2-1-5-17(19)7-9-24-20/h3-4,7-9,13-14H,1-2,5-6,10-12,15H2,(H2,25,26,27,28). The van der Waals surface area contributed by atoms with E-state index >= 15 is 0 Å². The molecule has 1 aliphatic carbocycles. The van der Waals surface area contributed by atoms with Gasteiger partial charge in [-0.1, -0.05) is 6.07 Å². The highest BCUT2D eigenvalue weighted by atomic mass is 32.2. The number of hydrogen-bond donors (Lipinski definition) is 2. The molecule has 29 heavy (non-hydrogen) atoms. The second-order valence-corrected chi connectivity index (χ2v) is 8.31. The molecule has 0 spiro atoms. The van der Waals surface area contributed by atoms with Crippen LogP contribution in [0.2, 0.25) is 0 Å². The highest BCUT2D eigenvalue weighted by Gasteiger charge is 2.13. The first-order chi connectivity index (χ1) is 14.3. The molecule has 3 aromatic heterocycles. The van der Waals surface area contributed by atoms with Gasteiger partial charge in [-0.2, -0.15) is 11.8 Å². The quantitative estimate of drug-likeness (QED) is 0.557. The van der Waals surface area contributed by atoms with Gasteiger partial charge in [0.05, 0.1) is 5.69 Å². The molecule has 150 valence electrons. The van der Waals surface area contributed by atoms with Crippen LogP contribution in [0.5, 0.6) is 0 Å². The molecule has 0 amide bonds. The lowest BCUT2D eigenvalue weighted by molar-refractivity contribution is 0.676. The highest BCUT2D eigenvalue weighted by Crippen LogP contribution is 2.25. The summed E-state index contributed by atoms with van der Waals surface area (Å²) in [7, 11) is 0. The van der Waals surface area contributed by atoms with E-state index in [0.29, 0.717) is 17.9 Å². The first-order valence-corrected chi connectivity index (χ1v) is 11.2. The Balaban J connectivity index is 1.25. The maximum atomic E-state index is 12.3. The smallest absolute Gasteiger partial charge is 0.255 e. The second-order valence-electron chi connectivity index (χ2n) is 7.21. The number of hydrogen-bond acceptors (Lipinski definition) is 6. The van der Waals surface area contributed by atoms with Crippen molar-refractivity contribution in [2.75, 3.05) is 17.6 Å². The maximum Gasteiger partial charge on any atom is 0.255 e. The summed E-state index contributed by atoms with van der Waals surface area (Å²) in [5.74, 6) is 2.37. The van der Waals surface area contributed by atoms with Crippen molar-refractivity contribution < 1.29 is 0 Å². The summed E-state index contributed by atoms with van der Waals surface area (Å²) in [5, 5.41) is 3.20. The van der Waals surface area contributed by atoms with Gasteiger partial charge in [0, 0.05) is 54.8 Å². The number of rotatable bonds is 8. The van der Waals surface area contributed by atoms with Gasteiger partial charge in [-0.25, -0.2) is 4.98 Å². The normalized spacial score (nSPS) is 13.1. The van der Waals surface area contributed by atoms with Crippen molar-refractivity contribution in [2.45, 2.75) is 37.9 Å². The van der Waals surface area contributed by atoms with Gasteiger partial charge in [0.15, 0.2) is 0 Å². The van der Waals surface area contributed by atoms with Crippen LogP contribution in [0, 0.1) is 0 Å². The predicted octanol–water partition coefficient (Wildman–Crippen LogP) is 3.37. The van der Waals surface area contributed by atoms with Gasteiger partial charge in [-0.3, -0.25) is 19.7 Å². The monoisotopic (exact) mass is 407 g/mol. The average Bonchev–Trinajstić information content (AvgIpc) is 2.76. The van der Waals surface area contributed by atoms with Crippen LogP contribution in [0.3, 0.4) is 0 Å². The third-order valence-electron chi connectivity index (χ3n) is 5.13. The summed E-state index contributed by atoms with van der Waals surface area (Å²) in [4.78, 5) is 28.1. The van der Waals surface area contributed by atoms with Crippen molar-refractivity contribution in [1.29, 1.82) is 0 Å². The molecule has 0 saturated heterocycles. The van der Waals surface area contributed by atoms with Gasteiger partial charge in [0.25, 0.3) is 5.56 Å². The summed E-state index contributed by atoms with van der Waals surface area (Å²) >= 11 is 1.86. The van der Waals surface area contributed by atoms with Crippen LogP contribution in [0.1, 0.15) is 40.8 Å². The fourth-order valence-electron chi connectivity index (χ4n) is 3.63. The molecular weight excluding hydrogens is 382 g/mol. The summed E-state index contributed by atoms with van der Waals surface area (Å²) < 4.78 is 0. The molecule has 3 heterocycles. The number of nitrogens with zero attached hydrogens (tertiary/aromatic N) is 3. The molecule has 0 atom stereocenters. The summed E-state index contributed by atoms with van der Waals surface area (Å²) in [6, 6.07) is 5.99. The minimum Gasteiger partial charge on any atom is -0.355 e. The number of anilines is 1. The Morgan fingerprint density at radius 1 is 1.10 bits per heavy atom. The van der Waals surface area contributed by atoms with E-state index in [9.17, 15) is 4.79 Å². The number of fused-ring (bicyclic) bond motifs is 1. The highest BCUT2D eigenvalue weighted by molar-refractivity contribution is 7.98. The van der Waals surface area contributed by atoms with Gasteiger partial charge in [0.1, 0.15) is 0 Å². The molecular formula is C22H25N5OS. The van der Waals surface area contributed by atoms with Crippen LogP contribution in [0.25, 0.3) is 0 Å². The van der Waals surface area contributed by atoms with E-state index in [2.05, 4.69) is 31.3 Å². The SMILES string of the molecule is O=c1[nH]c(NCCSCc2nccc3c2CCCC3)ncc1Cc1cccnc1. The van der Waals surface area contributed by atoms with Gasteiger partial charge < -0.3 is 5.32 Å². The third kappa shape index (κ3) is 5.23. The number of aromatic amines is 1. The van der Waals surface area contributed by atoms with Crippen molar-refractivity contribution >= 4 is 17.7 Å². The van der Waals surface area contributed by atoms with Crippen molar-refractivity contribution in [1.82, 2.24) is 19.9 Å². The van der Waals surface area contributed by atoms with Crippen LogP contribution in [0.15, 0.2) is 47.8 Å². The van der Waals surface area contributed by atoms with Crippen LogP contribution in [0.4, 0.5) is 5.95 Å². The van der Waals surface area contributed by atoms with Gasteiger partial charge >= 0.3 is 0 Å². The second kappa shape index (κ2) is 9.69. The lowest BCUT2D eigenvalue weighted by atomic mass is 9.91. The predicted molar refractivity (Wildman–Crippen MR) is 117 cm³/mol. The van der Waals surface area contributed by atoms with Crippen molar-refractivity contribution in [2.24, 2.45) is 0 Å². The Labute approximate surface area is 174 Å². The number of H-pyrrole nitrogens is 1. The number of aryl methyl sites for hydroxylation is 1. The largest absolute Gasteiger partial charge is 0.355 e. The zero-order chi connectivity index (χ0) is 19.9. The minimum absolute atomic E-state index is 0.112. The maximum absolute atomic E-state index is 12.3. The lowest BCUT2D eigenvalue weighted by Gasteiger charge is -2.18. The molecule has 7 heteroatoms. The Morgan fingerprint density at radius 2 is 2.03 bits per heavy atom. The molecule has 1 aliphatic rings. The zero-order valence-corrected chi connectivity index (χ0v) is 17.2. The van der Waals surface area contributed by atoms with Crippen molar-refractivity contribution in [3.63, 3.8) is 0 Å². The van der Waals surface area contributed by atoms with E-state index in [1.54, 1.807) is 18.6 Å². The summed E-state index contributed by atoms with van der Waals surface area (Å²) in [6.07, 6.45) is 12.5. The third-order valence-corrected chi connectivity index (χ3v) is 6.10. The Kier molecular flexibility index (Phi) is 6.56. The van der Waals surface area contributed by atoms with Crippen molar-refractivity contribution in [3.8, 4) is 0 Å². The van der Waals surface area contributed by atoms with Crippen LogP contribution < -0.4 is 10.9 Å². The first kappa shape index (κ1) is 19.6. The topological polar surface area (TPSA) is 83.6 Å². The molecule has 0 unspecified atom stereocenters. The lowest BCUT2D eigenvalue weighted by Crippen LogP contribution is -2.18. The van der Waals surface area contributed by atoms with E-state index in [1.165, 1.54) is 36.1 Å². The Morgan fingerprint density at radius 3 is 2.90 bits per heavy atom. The van der Waals surface area contributed by atoms with Gasteiger partial charge in [-0.15, -0.1) is 0 Å². The van der Waals surface area contributed by atoms with Crippen LogP contribution >= 0.6 is 11.8 Å². The Hall–Kier alpha value is -2.67. The average molecular weight is 408 g/mol. The number of aromatic nitrogens is 4. The fourth-order valence-corrected chi connectivity index (χ4v) is 4.46. The molecule has 3 aromatic rings. The number of thioether (sulfide) groups is 1. The van der Waals surface area contributed by atoms with Crippen molar-refractivity contribution in [3.05, 3.63) is 81.3 Å². The van der Waals surface area contributed by atoms with E-state index in [4.69, 9.17) is 0 Å². The molecule has 0 saturated carbocycles. The Bertz CT molecular complexity index is 1010.